The Morgan fingerprint density at radius 2 is 1.77 bits per heavy atom. The van der Waals surface area contributed by atoms with E-state index in [0.29, 0.717) is 16.3 Å². The van der Waals surface area contributed by atoms with E-state index in [-0.39, 0.29) is 22.9 Å². The molecular weight excluding hydrogens is 507 g/mol. The van der Waals surface area contributed by atoms with Crippen LogP contribution in [0, 0.1) is 0 Å². The molecule has 31 heavy (non-hydrogen) atoms. The fourth-order valence-electron chi connectivity index (χ4n) is 2.38. The van der Waals surface area contributed by atoms with E-state index in [1.54, 1.807) is 66.7 Å². The van der Waals surface area contributed by atoms with Gasteiger partial charge in [-0.2, -0.15) is 5.10 Å². The van der Waals surface area contributed by atoms with Crippen LogP contribution in [0.2, 0.25) is 10.0 Å². The summed E-state index contributed by atoms with van der Waals surface area (Å²) in [5.74, 6) is -0.313. The number of rotatable bonds is 7. The molecule has 0 bridgehead atoms. The summed E-state index contributed by atoms with van der Waals surface area (Å²) >= 11 is 15.2. The third-order valence-electron chi connectivity index (χ3n) is 3.84. The van der Waals surface area contributed by atoms with Gasteiger partial charge in [0.1, 0.15) is 11.5 Å². The van der Waals surface area contributed by atoms with Gasteiger partial charge in [-0.25, -0.2) is 10.2 Å². The Morgan fingerprint density at radius 1 is 1.03 bits per heavy atom. The minimum Gasteiger partial charge on any atom is -0.484 e. The smallest absolute Gasteiger partial charge is 0.345 e. The first-order valence-electron chi connectivity index (χ1n) is 8.89. The number of nitrogens with one attached hydrogen (secondary N) is 1. The van der Waals surface area contributed by atoms with Crippen molar-refractivity contribution in [1.82, 2.24) is 5.43 Å². The van der Waals surface area contributed by atoms with Gasteiger partial charge in [0.05, 0.1) is 16.8 Å². The largest absolute Gasteiger partial charge is 0.484 e. The first kappa shape index (κ1) is 22.8. The molecular formula is C22H15BrCl2N2O4. The molecule has 0 fully saturated rings. The van der Waals surface area contributed by atoms with Gasteiger partial charge < -0.3 is 9.47 Å². The lowest BCUT2D eigenvalue weighted by Gasteiger charge is -2.09. The number of carbonyl (C=O) groups is 2. The second kappa shape index (κ2) is 10.9. The molecule has 0 spiro atoms. The number of esters is 1. The van der Waals surface area contributed by atoms with Crippen molar-refractivity contribution < 1.29 is 19.1 Å². The van der Waals surface area contributed by atoms with Gasteiger partial charge in [-0.3, -0.25) is 4.79 Å². The monoisotopic (exact) mass is 520 g/mol. The van der Waals surface area contributed by atoms with E-state index in [1.807, 2.05) is 0 Å². The predicted octanol–water partition coefficient (Wildman–Crippen LogP) is 5.50. The van der Waals surface area contributed by atoms with Crippen molar-refractivity contribution in [2.75, 3.05) is 6.61 Å². The summed E-state index contributed by atoms with van der Waals surface area (Å²) in [6.45, 7) is -0.230. The Kier molecular flexibility index (Phi) is 8.06. The van der Waals surface area contributed by atoms with Gasteiger partial charge >= 0.3 is 5.97 Å². The number of carbonyl (C=O) groups excluding carboxylic acids is 2. The highest BCUT2D eigenvalue weighted by molar-refractivity contribution is 9.10. The quantitative estimate of drug-likeness (QED) is 0.192. The Labute approximate surface area is 196 Å². The number of hydrogen-bond acceptors (Lipinski definition) is 5. The van der Waals surface area contributed by atoms with E-state index in [4.69, 9.17) is 32.7 Å². The van der Waals surface area contributed by atoms with E-state index < -0.39 is 11.9 Å². The lowest BCUT2D eigenvalue weighted by Crippen LogP contribution is -2.24. The molecule has 0 saturated heterocycles. The SMILES string of the molecule is O=C(COc1ccc(Cl)cc1)NN=Cc1cc(Br)ccc1OC(=O)c1ccccc1Cl. The zero-order chi connectivity index (χ0) is 22.2. The molecule has 0 aliphatic carbocycles. The first-order valence-corrected chi connectivity index (χ1v) is 10.4. The predicted molar refractivity (Wildman–Crippen MR) is 123 cm³/mol. The van der Waals surface area contributed by atoms with E-state index >= 15 is 0 Å². The van der Waals surface area contributed by atoms with Gasteiger partial charge in [0, 0.05) is 15.1 Å². The van der Waals surface area contributed by atoms with Gasteiger partial charge in [0.2, 0.25) is 0 Å². The van der Waals surface area contributed by atoms with Crippen molar-refractivity contribution in [3.63, 3.8) is 0 Å². The summed E-state index contributed by atoms with van der Waals surface area (Å²) in [4.78, 5) is 24.4. The second-order valence-electron chi connectivity index (χ2n) is 6.09. The Morgan fingerprint density at radius 3 is 2.52 bits per heavy atom. The number of ether oxygens (including phenoxy) is 2. The minimum absolute atomic E-state index is 0.230. The van der Waals surface area contributed by atoms with Crippen LogP contribution in [-0.4, -0.2) is 24.7 Å². The highest BCUT2D eigenvalue weighted by atomic mass is 79.9. The minimum atomic E-state index is -0.608. The lowest BCUT2D eigenvalue weighted by molar-refractivity contribution is -0.123. The van der Waals surface area contributed by atoms with Crippen molar-refractivity contribution in [3.05, 3.63) is 92.4 Å². The van der Waals surface area contributed by atoms with Crippen LogP contribution in [0.5, 0.6) is 11.5 Å². The third kappa shape index (κ3) is 6.82. The number of halogens is 3. The molecule has 0 atom stereocenters. The average Bonchev–Trinajstić information content (AvgIpc) is 2.75. The number of amides is 1. The van der Waals surface area contributed by atoms with Gasteiger partial charge in [-0.1, -0.05) is 51.3 Å². The van der Waals surface area contributed by atoms with E-state index in [1.165, 1.54) is 6.21 Å². The number of nitrogens with zero attached hydrogens (tertiary/aromatic N) is 1. The summed E-state index contributed by atoms with van der Waals surface area (Å²) in [7, 11) is 0. The lowest BCUT2D eigenvalue weighted by atomic mass is 10.2. The average molecular weight is 522 g/mol. The molecule has 0 aliphatic rings. The zero-order valence-corrected chi connectivity index (χ0v) is 18.9. The fourth-order valence-corrected chi connectivity index (χ4v) is 3.10. The van der Waals surface area contributed by atoms with Crippen LogP contribution in [0.3, 0.4) is 0 Å². The third-order valence-corrected chi connectivity index (χ3v) is 4.92. The molecule has 0 radical (unpaired) electrons. The first-order chi connectivity index (χ1) is 14.9. The van der Waals surface area contributed by atoms with Gasteiger partial charge in [0.25, 0.3) is 5.91 Å². The van der Waals surface area contributed by atoms with Crippen molar-refractivity contribution in [2.24, 2.45) is 5.10 Å². The number of benzene rings is 3. The van der Waals surface area contributed by atoms with E-state index in [9.17, 15) is 9.59 Å². The maximum Gasteiger partial charge on any atom is 0.345 e. The molecule has 0 aliphatic heterocycles. The molecule has 3 aromatic carbocycles. The van der Waals surface area contributed by atoms with Crippen LogP contribution in [0.1, 0.15) is 15.9 Å². The van der Waals surface area contributed by atoms with Crippen molar-refractivity contribution in [1.29, 1.82) is 0 Å². The molecule has 0 unspecified atom stereocenters. The normalized spacial score (nSPS) is 10.7. The van der Waals surface area contributed by atoms with Crippen LogP contribution in [-0.2, 0) is 4.79 Å². The van der Waals surface area contributed by atoms with Gasteiger partial charge in [-0.15, -0.1) is 0 Å². The highest BCUT2D eigenvalue weighted by Crippen LogP contribution is 2.24. The molecule has 9 heteroatoms. The Hall–Kier alpha value is -2.87. The molecule has 0 saturated carbocycles. The van der Waals surface area contributed by atoms with E-state index in [2.05, 4.69) is 26.5 Å². The van der Waals surface area contributed by atoms with Crippen LogP contribution in [0.25, 0.3) is 0 Å². The molecule has 0 aromatic heterocycles. The number of hydrazone groups is 1. The summed E-state index contributed by atoms with van der Waals surface area (Å²) in [6.07, 6.45) is 1.36. The summed E-state index contributed by atoms with van der Waals surface area (Å²) in [5, 5.41) is 4.76. The Bertz CT molecular complexity index is 1120. The van der Waals surface area contributed by atoms with Gasteiger partial charge in [-0.05, 0) is 54.6 Å². The molecule has 3 rings (SSSR count). The van der Waals surface area contributed by atoms with Crippen LogP contribution in [0.15, 0.2) is 76.3 Å². The molecule has 1 amide bonds. The Balaban J connectivity index is 1.62. The van der Waals surface area contributed by atoms with Crippen LogP contribution >= 0.6 is 39.1 Å². The molecule has 1 N–H and O–H groups in total. The molecule has 0 heterocycles. The van der Waals surface area contributed by atoms with Gasteiger partial charge in [0.15, 0.2) is 6.61 Å². The van der Waals surface area contributed by atoms with Crippen molar-refractivity contribution in [3.8, 4) is 11.5 Å². The maximum atomic E-state index is 12.4. The van der Waals surface area contributed by atoms with Crippen molar-refractivity contribution in [2.45, 2.75) is 0 Å². The molecule has 3 aromatic rings. The molecule has 6 nitrogen and oxygen atoms in total. The zero-order valence-electron chi connectivity index (χ0n) is 15.8. The summed E-state index contributed by atoms with van der Waals surface area (Å²) < 4.78 is 11.5. The maximum absolute atomic E-state index is 12.4. The second-order valence-corrected chi connectivity index (χ2v) is 7.85. The molecule has 158 valence electrons. The highest BCUT2D eigenvalue weighted by Gasteiger charge is 2.14. The van der Waals surface area contributed by atoms with E-state index in [0.717, 1.165) is 4.47 Å². The summed E-state index contributed by atoms with van der Waals surface area (Å²) in [5.41, 5.74) is 3.06. The van der Waals surface area contributed by atoms with Crippen LogP contribution < -0.4 is 14.9 Å². The number of hydrogen-bond donors (Lipinski definition) is 1. The fraction of sp³-hybridized carbons (Fsp3) is 0.0455. The van der Waals surface area contributed by atoms with Crippen LogP contribution in [0.4, 0.5) is 0 Å². The summed E-state index contributed by atoms with van der Waals surface area (Å²) in [6, 6.07) is 18.2. The topological polar surface area (TPSA) is 77.0 Å². The van der Waals surface area contributed by atoms with Crippen molar-refractivity contribution >= 4 is 57.2 Å². The standard InChI is InChI=1S/C22H15BrCl2N2O4/c23-15-5-10-20(31-22(29)18-3-1-2-4-19(18)25)14(11-15)12-26-27-21(28)13-30-17-8-6-16(24)7-9-17/h1-12H,13H2,(H,27,28).